The lowest BCUT2D eigenvalue weighted by Crippen LogP contribution is -2.54. The fraction of sp³-hybridized carbons (Fsp3) is 0.633. The van der Waals surface area contributed by atoms with Gasteiger partial charge in [-0.25, -0.2) is 4.79 Å². The van der Waals surface area contributed by atoms with Gasteiger partial charge in [0, 0.05) is 13.1 Å². The maximum Gasteiger partial charge on any atom is 0.408 e. The number of alkyl carbamates (subject to hydrolysis) is 1. The first-order valence-electron chi connectivity index (χ1n) is 14.5. The third kappa shape index (κ3) is 14.5. The van der Waals surface area contributed by atoms with E-state index < -0.39 is 53.9 Å². The number of carbonyl (C=O) groups excluding carboxylic acids is 5. The molecule has 230 valence electrons. The molecule has 0 aliphatic rings. The maximum absolute atomic E-state index is 14.0. The predicted molar refractivity (Wildman–Crippen MR) is 156 cm³/mol. The number of hydrogen-bond acceptors (Lipinski definition) is 7. The highest BCUT2D eigenvalue weighted by Crippen LogP contribution is 2.24. The van der Waals surface area contributed by atoms with E-state index in [0.717, 1.165) is 32.1 Å². The van der Waals surface area contributed by atoms with E-state index in [0.29, 0.717) is 12.0 Å². The number of carbonyl (C=O) groups is 5. The molecule has 0 radical (unpaired) electrons. The van der Waals surface area contributed by atoms with Crippen molar-refractivity contribution in [2.75, 3.05) is 19.7 Å². The van der Waals surface area contributed by atoms with Crippen LogP contribution in [-0.4, -0.2) is 66.0 Å². The number of unbranched alkanes of at least 4 members (excludes halogenated alkanes) is 5. The Bertz CT molecular complexity index is 979. The van der Waals surface area contributed by atoms with Gasteiger partial charge in [-0.05, 0) is 39.7 Å². The Balaban J connectivity index is 3.35. The number of rotatable bonds is 18. The number of nitrogens with two attached hydrogens (primary N) is 1. The van der Waals surface area contributed by atoms with E-state index in [1.54, 1.807) is 58.0 Å². The zero-order valence-corrected chi connectivity index (χ0v) is 25.2. The van der Waals surface area contributed by atoms with E-state index in [-0.39, 0.29) is 26.1 Å². The van der Waals surface area contributed by atoms with E-state index >= 15 is 0 Å². The second-order valence-electron chi connectivity index (χ2n) is 10.8. The molecule has 0 heterocycles. The molecule has 4 N–H and O–H groups in total. The second-order valence-corrected chi connectivity index (χ2v) is 10.8. The van der Waals surface area contributed by atoms with Crippen LogP contribution in [0.5, 0.6) is 0 Å². The zero-order valence-electron chi connectivity index (χ0n) is 25.2. The summed E-state index contributed by atoms with van der Waals surface area (Å²) in [4.78, 5) is 65.3. The normalized spacial score (nSPS) is 12.5. The lowest BCUT2D eigenvalue weighted by Gasteiger charge is -2.34. The Morgan fingerprint density at radius 3 is 2.17 bits per heavy atom. The van der Waals surface area contributed by atoms with Gasteiger partial charge in [0.25, 0.3) is 0 Å². The Hall–Kier alpha value is -3.63. The highest BCUT2D eigenvalue weighted by atomic mass is 16.6. The fourth-order valence-corrected chi connectivity index (χ4v) is 4.21. The summed E-state index contributed by atoms with van der Waals surface area (Å²) in [5, 5.41) is 5.21. The lowest BCUT2D eigenvalue weighted by molar-refractivity contribution is -0.144. The predicted octanol–water partition coefficient (Wildman–Crippen LogP) is 3.75. The van der Waals surface area contributed by atoms with Crippen LogP contribution in [0.2, 0.25) is 0 Å². The average Bonchev–Trinajstić information content (AvgIpc) is 2.88. The van der Waals surface area contributed by atoms with Gasteiger partial charge in [0.2, 0.25) is 17.7 Å². The van der Waals surface area contributed by atoms with Crippen molar-refractivity contribution in [3.63, 3.8) is 0 Å². The largest absolute Gasteiger partial charge is 0.466 e. The van der Waals surface area contributed by atoms with Crippen LogP contribution in [0.25, 0.3) is 0 Å². The van der Waals surface area contributed by atoms with Crippen molar-refractivity contribution in [3.8, 4) is 0 Å². The van der Waals surface area contributed by atoms with Gasteiger partial charge in [-0.1, -0.05) is 69.4 Å². The SMILES string of the molecule is CCCCCCCCN(C(=O)C(CC(N)=O)NC(=O)OC(C)(C)C)C(C(=O)NCCC(=O)OCC)c1ccccc1. The molecule has 41 heavy (non-hydrogen) atoms. The van der Waals surface area contributed by atoms with Crippen molar-refractivity contribution in [3.05, 3.63) is 35.9 Å². The summed E-state index contributed by atoms with van der Waals surface area (Å²) in [7, 11) is 0. The molecule has 4 amide bonds. The van der Waals surface area contributed by atoms with Crippen LogP contribution >= 0.6 is 0 Å². The number of amides is 4. The molecule has 0 aliphatic carbocycles. The smallest absolute Gasteiger partial charge is 0.408 e. The molecule has 1 aromatic rings. The molecule has 0 bridgehead atoms. The van der Waals surface area contributed by atoms with Crippen molar-refractivity contribution in [2.45, 2.75) is 104 Å². The van der Waals surface area contributed by atoms with Gasteiger partial charge in [-0.2, -0.15) is 0 Å². The summed E-state index contributed by atoms with van der Waals surface area (Å²) < 4.78 is 10.2. The Kier molecular flexibility index (Phi) is 16.1. The molecule has 2 unspecified atom stereocenters. The summed E-state index contributed by atoms with van der Waals surface area (Å²) in [5.41, 5.74) is 5.14. The van der Waals surface area contributed by atoms with Crippen LogP contribution in [0.1, 0.15) is 97.6 Å². The number of hydrogen-bond donors (Lipinski definition) is 3. The molecule has 0 saturated carbocycles. The fourth-order valence-electron chi connectivity index (χ4n) is 4.21. The number of nitrogens with one attached hydrogen (secondary N) is 2. The minimum Gasteiger partial charge on any atom is -0.466 e. The van der Waals surface area contributed by atoms with Gasteiger partial charge in [-0.15, -0.1) is 0 Å². The van der Waals surface area contributed by atoms with Crippen LogP contribution in [-0.2, 0) is 28.7 Å². The number of nitrogens with zero attached hydrogens (tertiary/aromatic N) is 1. The number of esters is 1. The molecule has 0 aromatic heterocycles. The molecular formula is C30H48N4O7. The summed E-state index contributed by atoms with van der Waals surface area (Å²) in [6.45, 7) is 9.29. The lowest BCUT2D eigenvalue weighted by atomic mass is 10.0. The van der Waals surface area contributed by atoms with Crippen molar-refractivity contribution in [1.29, 1.82) is 0 Å². The van der Waals surface area contributed by atoms with Crippen molar-refractivity contribution < 1.29 is 33.4 Å². The molecule has 1 aromatic carbocycles. The van der Waals surface area contributed by atoms with Crippen LogP contribution in [0, 0.1) is 0 Å². The topological polar surface area (TPSA) is 157 Å². The molecule has 2 atom stereocenters. The van der Waals surface area contributed by atoms with E-state index in [1.807, 2.05) is 0 Å². The van der Waals surface area contributed by atoms with Gasteiger partial charge < -0.3 is 30.7 Å². The Morgan fingerprint density at radius 2 is 1.59 bits per heavy atom. The third-order valence-corrected chi connectivity index (χ3v) is 6.04. The summed E-state index contributed by atoms with van der Waals surface area (Å²) in [6, 6.07) is 6.31. The number of ether oxygens (including phenoxy) is 2. The first kappa shape index (κ1) is 35.4. The zero-order chi connectivity index (χ0) is 30.8. The number of primary amides is 1. The summed E-state index contributed by atoms with van der Waals surface area (Å²) in [5.74, 6) is -2.39. The molecule has 0 spiro atoms. The highest BCUT2D eigenvalue weighted by Gasteiger charge is 2.36. The van der Waals surface area contributed by atoms with Gasteiger partial charge in [0.05, 0.1) is 19.4 Å². The number of benzene rings is 1. The molecule has 11 nitrogen and oxygen atoms in total. The van der Waals surface area contributed by atoms with Crippen LogP contribution in [0.3, 0.4) is 0 Å². The average molecular weight is 577 g/mol. The summed E-state index contributed by atoms with van der Waals surface area (Å²) in [6.07, 6.45) is 4.28. The van der Waals surface area contributed by atoms with Crippen molar-refractivity contribution in [1.82, 2.24) is 15.5 Å². The van der Waals surface area contributed by atoms with Crippen LogP contribution in [0.15, 0.2) is 30.3 Å². The Morgan fingerprint density at radius 1 is 0.951 bits per heavy atom. The van der Waals surface area contributed by atoms with Crippen molar-refractivity contribution >= 4 is 29.8 Å². The van der Waals surface area contributed by atoms with Crippen LogP contribution in [0.4, 0.5) is 4.79 Å². The monoisotopic (exact) mass is 576 g/mol. The quantitative estimate of drug-likeness (QED) is 0.177. The van der Waals surface area contributed by atoms with Crippen molar-refractivity contribution in [2.24, 2.45) is 5.73 Å². The van der Waals surface area contributed by atoms with Gasteiger partial charge in [0.1, 0.15) is 17.7 Å². The second kappa shape index (κ2) is 18.7. The van der Waals surface area contributed by atoms with E-state index in [2.05, 4.69) is 17.6 Å². The van der Waals surface area contributed by atoms with E-state index in [4.69, 9.17) is 15.2 Å². The molecule has 1 rings (SSSR count). The first-order valence-corrected chi connectivity index (χ1v) is 14.5. The summed E-state index contributed by atoms with van der Waals surface area (Å²) >= 11 is 0. The molecule has 11 heteroatoms. The minimum atomic E-state index is -1.35. The molecule has 0 aliphatic heterocycles. The van der Waals surface area contributed by atoms with Gasteiger partial charge >= 0.3 is 12.1 Å². The van der Waals surface area contributed by atoms with E-state index in [9.17, 15) is 24.0 Å². The minimum absolute atomic E-state index is 0.0148. The standard InChI is InChI=1S/C30H48N4O7/c1-6-8-9-10-11-15-20-34(28(38)23(21-24(31)35)33-29(39)41-30(3,4)5)26(22-16-13-12-14-17-22)27(37)32-19-18-25(36)40-7-2/h12-14,16-17,23,26H,6-11,15,18-21H2,1-5H3,(H2,31,35)(H,32,37)(H,33,39). The first-order chi connectivity index (χ1) is 19.4. The Labute approximate surface area is 243 Å². The maximum atomic E-state index is 14.0. The van der Waals surface area contributed by atoms with Crippen LogP contribution < -0.4 is 16.4 Å². The highest BCUT2D eigenvalue weighted by molar-refractivity contribution is 5.94. The van der Waals surface area contributed by atoms with Gasteiger partial charge in [-0.3, -0.25) is 19.2 Å². The third-order valence-electron chi connectivity index (χ3n) is 6.04. The molecule has 0 fully saturated rings. The molecule has 0 saturated heterocycles. The van der Waals surface area contributed by atoms with E-state index in [1.165, 1.54) is 4.90 Å². The van der Waals surface area contributed by atoms with Gasteiger partial charge in [0.15, 0.2) is 0 Å². The molecular weight excluding hydrogens is 528 g/mol.